The highest BCUT2D eigenvalue weighted by Gasteiger charge is 2.45. The second-order valence-electron chi connectivity index (χ2n) is 6.88. The van der Waals surface area contributed by atoms with Gasteiger partial charge in [0.2, 0.25) is 5.91 Å². The van der Waals surface area contributed by atoms with Gasteiger partial charge in [-0.25, -0.2) is 0 Å². The second kappa shape index (κ2) is 12.5. The number of methoxy groups -OCH3 is 1. The third-order valence-corrected chi connectivity index (χ3v) is 5.09. The molecule has 33 heavy (non-hydrogen) atoms. The van der Waals surface area contributed by atoms with E-state index in [1.54, 1.807) is 62.4 Å². The standard InChI is InChI=1S/C24H25ClN2O6/c1-4-32-23(29)21(24(30)33-5-2)20(15-6-8-16(25)9-7-15)19(14-26)22(28)27-17-10-12-18(31-3)13-11-17/h6-13,19-21H,4-5H2,1-3H3,(H,27,28). The maximum absolute atomic E-state index is 13.2. The number of nitrogens with one attached hydrogen (secondary N) is 1. The topological polar surface area (TPSA) is 115 Å². The molecule has 0 aromatic heterocycles. The monoisotopic (exact) mass is 472 g/mol. The molecule has 0 radical (unpaired) electrons. The van der Waals surface area contributed by atoms with Gasteiger partial charge in [-0.05, 0) is 55.8 Å². The molecule has 0 fully saturated rings. The maximum Gasteiger partial charge on any atom is 0.321 e. The molecule has 0 saturated heterocycles. The molecule has 0 aliphatic rings. The predicted octanol–water partition coefficient (Wildman–Crippen LogP) is 3.95. The number of hydrogen-bond acceptors (Lipinski definition) is 7. The third kappa shape index (κ3) is 6.70. The molecule has 1 N–H and O–H groups in total. The van der Waals surface area contributed by atoms with E-state index in [9.17, 15) is 19.6 Å². The maximum atomic E-state index is 13.2. The van der Waals surface area contributed by atoms with E-state index in [-0.39, 0.29) is 13.2 Å². The summed E-state index contributed by atoms with van der Waals surface area (Å²) < 4.78 is 15.3. The van der Waals surface area contributed by atoms with Crippen LogP contribution in [-0.4, -0.2) is 38.2 Å². The molecule has 2 atom stereocenters. The quantitative estimate of drug-likeness (QED) is 0.411. The normalized spacial score (nSPS) is 12.2. The SMILES string of the molecule is CCOC(=O)C(C(=O)OCC)C(c1ccc(Cl)cc1)C(C#N)C(=O)Nc1ccc(OC)cc1. The van der Waals surface area contributed by atoms with E-state index < -0.39 is 35.6 Å². The number of esters is 2. The van der Waals surface area contributed by atoms with Crippen LogP contribution in [0.1, 0.15) is 25.3 Å². The average Bonchev–Trinajstić information content (AvgIpc) is 2.80. The lowest BCUT2D eigenvalue weighted by Gasteiger charge is -2.27. The van der Waals surface area contributed by atoms with Crippen molar-refractivity contribution < 1.29 is 28.6 Å². The highest BCUT2D eigenvalue weighted by atomic mass is 35.5. The van der Waals surface area contributed by atoms with Crippen LogP contribution in [0.4, 0.5) is 5.69 Å². The van der Waals surface area contributed by atoms with Crippen molar-refractivity contribution in [1.82, 2.24) is 0 Å². The number of nitriles is 1. The summed E-state index contributed by atoms with van der Waals surface area (Å²) in [4.78, 5) is 38.8. The van der Waals surface area contributed by atoms with Gasteiger partial charge in [0.15, 0.2) is 5.92 Å². The summed E-state index contributed by atoms with van der Waals surface area (Å²) in [6.45, 7) is 3.21. The van der Waals surface area contributed by atoms with E-state index in [1.807, 2.05) is 6.07 Å². The Morgan fingerprint density at radius 1 is 0.970 bits per heavy atom. The van der Waals surface area contributed by atoms with Gasteiger partial charge in [-0.1, -0.05) is 23.7 Å². The number of carbonyl (C=O) groups excluding carboxylic acids is 3. The lowest BCUT2D eigenvalue weighted by Crippen LogP contribution is -2.40. The molecule has 0 saturated carbocycles. The van der Waals surface area contributed by atoms with E-state index in [0.29, 0.717) is 22.0 Å². The van der Waals surface area contributed by atoms with Crippen molar-refractivity contribution in [2.24, 2.45) is 11.8 Å². The third-order valence-electron chi connectivity index (χ3n) is 4.83. The van der Waals surface area contributed by atoms with Gasteiger partial charge in [0.1, 0.15) is 11.7 Å². The van der Waals surface area contributed by atoms with Crippen LogP contribution in [0.2, 0.25) is 5.02 Å². The number of rotatable bonds is 10. The van der Waals surface area contributed by atoms with Crippen molar-refractivity contribution in [2.75, 3.05) is 25.6 Å². The lowest BCUT2D eigenvalue weighted by molar-refractivity contribution is -0.163. The van der Waals surface area contributed by atoms with Gasteiger partial charge in [-0.15, -0.1) is 0 Å². The Balaban J connectivity index is 2.51. The highest BCUT2D eigenvalue weighted by molar-refractivity contribution is 6.30. The van der Waals surface area contributed by atoms with Crippen molar-refractivity contribution in [3.8, 4) is 11.8 Å². The van der Waals surface area contributed by atoms with Crippen molar-refractivity contribution in [3.05, 3.63) is 59.1 Å². The number of carbonyl (C=O) groups is 3. The molecular formula is C24H25ClN2O6. The van der Waals surface area contributed by atoms with Gasteiger partial charge in [0.05, 0.1) is 26.4 Å². The molecule has 0 aliphatic heterocycles. The van der Waals surface area contributed by atoms with Crippen LogP contribution in [0.25, 0.3) is 0 Å². The minimum Gasteiger partial charge on any atom is -0.497 e. The Hall–Kier alpha value is -3.57. The second-order valence-corrected chi connectivity index (χ2v) is 7.32. The van der Waals surface area contributed by atoms with Crippen LogP contribution in [-0.2, 0) is 23.9 Å². The molecule has 2 unspecified atom stereocenters. The Kier molecular flexibility index (Phi) is 9.70. The fourth-order valence-corrected chi connectivity index (χ4v) is 3.44. The number of ether oxygens (including phenoxy) is 3. The van der Waals surface area contributed by atoms with Gasteiger partial charge in [0, 0.05) is 16.6 Å². The number of anilines is 1. The minimum absolute atomic E-state index is 0.0113. The minimum atomic E-state index is -1.53. The Labute approximate surface area is 197 Å². The van der Waals surface area contributed by atoms with E-state index in [0.717, 1.165) is 0 Å². The highest BCUT2D eigenvalue weighted by Crippen LogP contribution is 2.36. The number of benzene rings is 2. The summed E-state index contributed by atoms with van der Waals surface area (Å²) in [7, 11) is 1.51. The molecule has 0 aliphatic carbocycles. The fourth-order valence-electron chi connectivity index (χ4n) is 3.31. The van der Waals surface area contributed by atoms with Crippen LogP contribution in [0.5, 0.6) is 5.75 Å². The van der Waals surface area contributed by atoms with Crippen LogP contribution in [0.3, 0.4) is 0 Å². The molecule has 0 heterocycles. The summed E-state index contributed by atoms with van der Waals surface area (Å²) in [6, 6.07) is 14.7. The number of hydrogen-bond donors (Lipinski definition) is 1. The summed E-state index contributed by atoms with van der Waals surface area (Å²) in [5, 5.41) is 13.0. The fraction of sp³-hybridized carbons (Fsp3) is 0.333. The Morgan fingerprint density at radius 2 is 1.52 bits per heavy atom. The van der Waals surface area contributed by atoms with Crippen LogP contribution in [0.15, 0.2) is 48.5 Å². The summed E-state index contributed by atoms with van der Waals surface area (Å²) in [5.41, 5.74) is 0.807. The molecule has 0 spiro atoms. The predicted molar refractivity (Wildman–Crippen MR) is 122 cm³/mol. The van der Waals surface area contributed by atoms with Gasteiger partial charge < -0.3 is 19.5 Å². The molecule has 8 nitrogen and oxygen atoms in total. The molecular weight excluding hydrogens is 448 g/mol. The first kappa shape index (κ1) is 25.7. The van der Waals surface area contributed by atoms with Crippen LogP contribution < -0.4 is 10.1 Å². The van der Waals surface area contributed by atoms with Crippen molar-refractivity contribution in [3.63, 3.8) is 0 Å². The summed E-state index contributed by atoms with van der Waals surface area (Å²) in [6.07, 6.45) is 0. The van der Waals surface area contributed by atoms with E-state index in [1.165, 1.54) is 7.11 Å². The molecule has 2 aromatic carbocycles. The van der Waals surface area contributed by atoms with Crippen molar-refractivity contribution in [1.29, 1.82) is 5.26 Å². The van der Waals surface area contributed by atoms with Gasteiger partial charge in [-0.3, -0.25) is 14.4 Å². The zero-order valence-corrected chi connectivity index (χ0v) is 19.3. The van der Waals surface area contributed by atoms with Crippen LogP contribution >= 0.6 is 11.6 Å². The first-order chi connectivity index (χ1) is 15.9. The molecule has 9 heteroatoms. The van der Waals surface area contributed by atoms with E-state index in [2.05, 4.69) is 5.32 Å². The number of halogens is 1. The van der Waals surface area contributed by atoms with Gasteiger partial charge in [-0.2, -0.15) is 5.26 Å². The van der Waals surface area contributed by atoms with Gasteiger partial charge >= 0.3 is 11.9 Å². The van der Waals surface area contributed by atoms with Crippen LogP contribution in [0, 0.1) is 23.2 Å². The molecule has 174 valence electrons. The largest absolute Gasteiger partial charge is 0.497 e. The Morgan fingerprint density at radius 3 is 1.97 bits per heavy atom. The number of nitrogens with zero attached hydrogens (tertiary/aromatic N) is 1. The van der Waals surface area contributed by atoms with Crippen molar-refractivity contribution in [2.45, 2.75) is 19.8 Å². The smallest absolute Gasteiger partial charge is 0.321 e. The zero-order valence-electron chi connectivity index (χ0n) is 18.5. The average molecular weight is 473 g/mol. The summed E-state index contributed by atoms with van der Waals surface area (Å²) in [5.74, 6) is -6.00. The number of amides is 1. The Bertz CT molecular complexity index is 983. The first-order valence-electron chi connectivity index (χ1n) is 10.3. The summed E-state index contributed by atoms with van der Waals surface area (Å²) >= 11 is 5.99. The van der Waals surface area contributed by atoms with Gasteiger partial charge in [0.25, 0.3) is 0 Å². The van der Waals surface area contributed by atoms with E-state index >= 15 is 0 Å². The first-order valence-corrected chi connectivity index (χ1v) is 10.7. The zero-order chi connectivity index (χ0) is 24.4. The van der Waals surface area contributed by atoms with Crippen molar-refractivity contribution >= 4 is 35.1 Å². The lowest BCUT2D eigenvalue weighted by atomic mass is 9.76. The molecule has 2 rings (SSSR count). The molecule has 2 aromatic rings. The molecule has 1 amide bonds. The molecule has 0 bridgehead atoms. The van der Waals surface area contributed by atoms with E-state index in [4.69, 9.17) is 25.8 Å².